The number of hydrogen-bond acceptors (Lipinski definition) is 3. The lowest BCUT2D eigenvalue weighted by Gasteiger charge is -2.44. The van der Waals surface area contributed by atoms with E-state index in [0.717, 1.165) is 18.8 Å². The zero-order chi connectivity index (χ0) is 15.5. The largest absolute Gasteiger partial charge is 0.311 e. The lowest BCUT2D eigenvalue weighted by molar-refractivity contribution is 0.0949. The molecule has 4 heteroatoms. The first kappa shape index (κ1) is 16.5. The van der Waals surface area contributed by atoms with Crippen LogP contribution < -0.4 is 5.32 Å². The third-order valence-corrected chi connectivity index (χ3v) is 5.06. The molecule has 1 aliphatic carbocycles. The number of aryl methyl sites for hydroxylation is 2. The summed E-state index contributed by atoms with van der Waals surface area (Å²) >= 11 is 0. The van der Waals surface area contributed by atoms with Crippen LogP contribution in [0.2, 0.25) is 0 Å². The second-order valence-corrected chi connectivity index (χ2v) is 7.07. The van der Waals surface area contributed by atoms with Crippen molar-refractivity contribution < 1.29 is 0 Å². The molecule has 1 aromatic rings. The van der Waals surface area contributed by atoms with Crippen molar-refractivity contribution in [3.05, 3.63) is 17.5 Å². The minimum absolute atomic E-state index is 0.349. The van der Waals surface area contributed by atoms with Crippen LogP contribution in [0.3, 0.4) is 0 Å². The molecule has 1 saturated carbocycles. The van der Waals surface area contributed by atoms with Crippen LogP contribution in [0.4, 0.5) is 0 Å². The third-order valence-electron chi connectivity index (χ3n) is 5.06. The number of nitrogens with one attached hydrogen (secondary N) is 1. The molecule has 1 aromatic heterocycles. The van der Waals surface area contributed by atoms with Gasteiger partial charge in [-0.15, -0.1) is 0 Å². The van der Waals surface area contributed by atoms with Crippen LogP contribution in [-0.2, 0) is 6.54 Å². The van der Waals surface area contributed by atoms with Gasteiger partial charge in [-0.05, 0) is 53.8 Å². The smallest absolute Gasteiger partial charge is 0.0596 e. The molecule has 1 fully saturated rings. The van der Waals surface area contributed by atoms with Crippen LogP contribution in [0.5, 0.6) is 0 Å². The van der Waals surface area contributed by atoms with Gasteiger partial charge in [-0.1, -0.05) is 19.3 Å². The highest BCUT2D eigenvalue weighted by molar-refractivity contribution is 5.06. The Morgan fingerprint density at radius 3 is 2.48 bits per heavy atom. The summed E-state index contributed by atoms with van der Waals surface area (Å²) in [4.78, 5) is 2.44. The van der Waals surface area contributed by atoms with Gasteiger partial charge in [0.15, 0.2) is 0 Å². The van der Waals surface area contributed by atoms with E-state index in [-0.39, 0.29) is 0 Å². The molecule has 2 rings (SSSR count). The van der Waals surface area contributed by atoms with Crippen LogP contribution in [0.25, 0.3) is 0 Å². The number of rotatable bonds is 6. The Kier molecular flexibility index (Phi) is 5.44. The zero-order valence-electron chi connectivity index (χ0n) is 14.4. The minimum atomic E-state index is 0.349. The van der Waals surface area contributed by atoms with Crippen LogP contribution in [0.15, 0.2) is 6.07 Å². The lowest BCUT2D eigenvalue weighted by atomic mass is 9.80. The number of aromatic nitrogens is 2. The van der Waals surface area contributed by atoms with Crippen molar-refractivity contribution in [2.75, 3.05) is 20.6 Å². The maximum absolute atomic E-state index is 4.56. The van der Waals surface area contributed by atoms with Gasteiger partial charge in [-0.3, -0.25) is 4.68 Å². The predicted molar refractivity (Wildman–Crippen MR) is 88.7 cm³/mol. The molecule has 4 nitrogen and oxygen atoms in total. The Morgan fingerprint density at radius 1 is 1.29 bits per heavy atom. The van der Waals surface area contributed by atoms with Gasteiger partial charge in [0, 0.05) is 23.8 Å². The molecule has 120 valence electrons. The van der Waals surface area contributed by atoms with Gasteiger partial charge in [0.05, 0.1) is 12.2 Å². The van der Waals surface area contributed by atoms with E-state index in [1.165, 1.54) is 37.8 Å². The van der Waals surface area contributed by atoms with Crippen molar-refractivity contribution in [3.63, 3.8) is 0 Å². The molecule has 1 aliphatic rings. The minimum Gasteiger partial charge on any atom is -0.311 e. The van der Waals surface area contributed by atoms with E-state index >= 15 is 0 Å². The molecular formula is C17H32N4. The van der Waals surface area contributed by atoms with Crippen LogP contribution >= 0.6 is 0 Å². The quantitative estimate of drug-likeness (QED) is 0.875. The summed E-state index contributed by atoms with van der Waals surface area (Å²) in [6.07, 6.45) is 6.77. The number of nitrogens with zero attached hydrogens (tertiary/aromatic N) is 3. The van der Waals surface area contributed by atoms with E-state index in [0.29, 0.717) is 11.6 Å². The van der Waals surface area contributed by atoms with Gasteiger partial charge in [0.25, 0.3) is 0 Å². The summed E-state index contributed by atoms with van der Waals surface area (Å²) < 4.78 is 2.12. The molecule has 0 radical (unpaired) electrons. The van der Waals surface area contributed by atoms with Crippen molar-refractivity contribution in [1.29, 1.82) is 0 Å². The summed E-state index contributed by atoms with van der Waals surface area (Å²) in [5.41, 5.74) is 2.71. The van der Waals surface area contributed by atoms with Crippen LogP contribution in [0, 0.1) is 13.8 Å². The van der Waals surface area contributed by atoms with Gasteiger partial charge >= 0.3 is 0 Å². The third kappa shape index (κ3) is 4.07. The Balaban J connectivity index is 1.90. The number of likely N-dealkylation sites (N-methyl/N-ethyl adjacent to an activating group) is 1. The molecule has 0 spiro atoms. The second kappa shape index (κ2) is 6.93. The summed E-state index contributed by atoms with van der Waals surface area (Å²) in [5.74, 6) is 0. The Bertz CT molecular complexity index is 444. The van der Waals surface area contributed by atoms with E-state index in [1.54, 1.807) is 0 Å². The van der Waals surface area contributed by atoms with Crippen molar-refractivity contribution >= 4 is 0 Å². The lowest BCUT2D eigenvalue weighted by Crippen LogP contribution is -2.54. The molecular weight excluding hydrogens is 260 g/mol. The first-order valence-electron chi connectivity index (χ1n) is 8.35. The highest BCUT2D eigenvalue weighted by Gasteiger charge is 2.34. The normalized spacial score (nSPS) is 19.9. The fraction of sp³-hybridized carbons (Fsp3) is 0.824. The molecule has 0 aromatic carbocycles. The van der Waals surface area contributed by atoms with Gasteiger partial charge in [0.1, 0.15) is 0 Å². The van der Waals surface area contributed by atoms with E-state index in [1.807, 2.05) is 0 Å². The van der Waals surface area contributed by atoms with E-state index < -0.39 is 0 Å². The van der Waals surface area contributed by atoms with Gasteiger partial charge in [-0.2, -0.15) is 5.10 Å². The monoisotopic (exact) mass is 292 g/mol. The second-order valence-electron chi connectivity index (χ2n) is 7.07. The molecule has 0 amide bonds. The number of hydrogen-bond donors (Lipinski definition) is 1. The molecule has 1 heterocycles. The van der Waals surface area contributed by atoms with Gasteiger partial charge < -0.3 is 10.2 Å². The molecule has 1 N–H and O–H groups in total. The Labute approximate surface area is 129 Å². The topological polar surface area (TPSA) is 33.1 Å². The summed E-state index contributed by atoms with van der Waals surface area (Å²) in [6.45, 7) is 8.49. The zero-order valence-corrected chi connectivity index (χ0v) is 14.4. The molecule has 0 saturated heterocycles. The van der Waals surface area contributed by atoms with Gasteiger partial charge in [-0.25, -0.2) is 0 Å². The predicted octanol–water partition coefficient (Wildman–Crippen LogP) is 2.74. The average Bonchev–Trinajstić information content (AvgIpc) is 2.75. The summed E-state index contributed by atoms with van der Waals surface area (Å²) in [5, 5.41) is 8.32. The fourth-order valence-corrected chi connectivity index (χ4v) is 3.54. The molecule has 1 atom stereocenters. The van der Waals surface area contributed by atoms with E-state index in [2.05, 4.69) is 60.9 Å². The SMILES string of the molecule is Cc1cc(C)n(C[C@@H](C)NCC2(N(C)C)CCCCC2)n1. The molecule has 21 heavy (non-hydrogen) atoms. The van der Waals surface area contributed by atoms with E-state index in [9.17, 15) is 0 Å². The van der Waals surface area contributed by atoms with Crippen molar-refractivity contribution in [2.45, 2.75) is 71.0 Å². The summed E-state index contributed by atoms with van der Waals surface area (Å²) in [7, 11) is 4.47. The average molecular weight is 292 g/mol. The van der Waals surface area contributed by atoms with Crippen LogP contribution in [0.1, 0.15) is 50.4 Å². The van der Waals surface area contributed by atoms with Crippen molar-refractivity contribution in [2.24, 2.45) is 0 Å². The van der Waals surface area contributed by atoms with Crippen molar-refractivity contribution in [1.82, 2.24) is 20.0 Å². The summed E-state index contributed by atoms with van der Waals surface area (Å²) in [6, 6.07) is 2.59. The highest BCUT2D eigenvalue weighted by Crippen LogP contribution is 2.31. The van der Waals surface area contributed by atoms with Crippen LogP contribution in [-0.4, -0.2) is 46.9 Å². The van der Waals surface area contributed by atoms with Gasteiger partial charge in [0.2, 0.25) is 0 Å². The molecule has 0 unspecified atom stereocenters. The molecule has 0 aliphatic heterocycles. The Hall–Kier alpha value is -0.870. The van der Waals surface area contributed by atoms with Crippen molar-refractivity contribution in [3.8, 4) is 0 Å². The fourth-order valence-electron chi connectivity index (χ4n) is 3.54. The van der Waals surface area contributed by atoms with E-state index in [4.69, 9.17) is 0 Å². The highest BCUT2D eigenvalue weighted by atomic mass is 15.3. The molecule has 0 bridgehead atoms. The standard InChI is InChI=1S/C17H32N4/c1-14-11-16(3)21(19-14)12-15(2)18-13-17(20(4)5)9-7-6-8-10-17/h11,15,18H,6-10,12-13H2,1-5H3/t15-/m1/s1. The Morgan fingerprint density at radius 2 is 1.95 bits per heavy atom. The maximum Gasteiger partial charge on any atom is 0.0596 e. The first-order valence-corrected chi connectivity index (χ1v) is 8.35. The maximum atomic E-state index is 4.56. The first-order chi connectivity index (χ1) is 9.93.